The van der Waals surface area contributed by atoms with Gasteiger partial charge in [-0.2, -0.15) is 0 Å². The van der Waals surface area contributed by atoms with Crippen molar-refractivity contribution in [2.24, 2.45) is 0 Å². The molecule has 1 fully saturated rings. The highest BCUT2D eigenvalue weighted by Gasteiger charge is 2.36. The van der Waals surface area contributed by atoms with Crippen molar-refractivity contribution in [2.75, 3.05) is 31.6 Å². The minimum atomic E-state index is -1.09. The van der Waals surface area contributed by atoms with Gasteiger partial charge < -0.3 is 19.6 Å². The number of hydrogen-bond donors (Lipinski definition) is 1. The molecule has 0 aliphatic carbocycles. The maximum atomic E-state index is 12.8. The lowest BCUT2D eigenvalue weighted by Gasteiger charge is -2.38. The van der Waals surface area contributed by atoms with Crippen molar-refractivity contribution in [3.05, 3.63) is 60.2 Å². The number of rotatable bonds is 9. The zero-order valence-electron chi connectivity index (χ0n) is 19.1. The molecule has 1 heterocycles. The van der Waals surface area contributed by atoms with Crippen LogP contribution in [0.15, 0.2) is 54.6 Å². The third-order valence-electron chi connectivity index (χ3n) is 6.09. The summed E-state index contributed by atoms with van der Waals surface area (Å²) in [5.41, 5.74) is 0.659. The van der Waals surface area contributed by atoms with E-state index in [4.69, 9.17) is 4.74 Å². The first-order chi connectivity index (χ1) is 15.4. The Labute approximate surface area is 190 Å². The summed E-state index contributed by atoms with van der Waals surface area (Å²) in [6.07, 6.45) is 3.29. The van der Waals surface area contributed by atoms with Crippen LogP contribution >= 0.6 is 0 Å². The van der Waals surface area contributed by atoms with Gasteiger partial charge in [-0.05, 0) is 49.1 Å². The highest BCUT2D eigenvalue weighted by atomic mass is 16.5. The van der Waals surface area contributed by atoms with E-state index in [0.29, 0.717) is 39.0 Å². The zero-order chi connectivity index (χ0) is 23.0. The van der Waals surface area contributed by atoms with Gasteiger partial charge in [0.2, 0.25) is 11.8 Å². The van der Waals surface area contributed by atoms with Crippen molar-refractivity contribution in [1.29, 1.82) is 0 Å². The normalized spacial score (nSPS) is 15.3. The van der Waals surface area contributed by atoms with E-state index in [2.05, 4.69) is 6.92 Å². The molecule has 6 heteroatoms. The second-order valence-electron chi connectivity index (χ2n) is 8.59. The molecule has 0 unspecified atom stereocenters. The van der Waals surface area contributed by atoms with E-state index in [1.54, 1.807) is 16.8 Å². The van der Waals surface area contributed by atoms with Crippen LogP contribution in [0.2, 0.25) is 0 Å². The lowest BCUT2D eigenvalue weighted by atomic mass is 9.87. The molecule has 0 spiro atoms. The van der Waals surface area contributed by atoms with Gasteiger partial charge in [-0.1, -0.05) is 43.7 Å². The number of likely N-dealkylation sites (tertiary alicyclic amines) is 1. The molecule has 0 aromatic heterocycles. The van der Waals surface area contributed by atoms with Crippen molar-refractivity contribution >= 4 is 17.5 Å². The molecule has 0 atom stereocenters. The van der Waals surface area contributed by atoms with Crippen LogP contribution < -0.4 is 9.64 Å². The van der Waals surface area contributed by atoms with Crippen molar-refractivity contribution < 1.29 is 19.4 Å². The largest absolute Gasteiger partial charge is 0.494 e. The van der Waals surface area contributed by atoms with E-state index >= 15 is 0 Å². The zero-order valence-corrected chi connectivity index (χ0v) is 19.1. The van der Waals surface area contributed by atoms with Crippen LogP contribution in [0.4, 0.5) is 5.69 Å². The number of ether oxygens (including phenoxy) is 1. The average Bonchev–Trinajstić information content (AvgIpc) is 2.80. The number of aliphatic hydroxyl groups is 1. The molecular weight excluding hydrogens is 404 g/mol. The number of hydrogen-bond acceptors (Lipinski definition) is 4. The summed E-state index contributed by atoms with van der Waals surface area (Å²) in [5.74, 6) is 0.702. The van der Waals surface area contributed by atoms with E-state index in [0.717, 1.165) is 29.8 Å². The molecule has 1 aliphatic heterocycles. The molecule has 2 aromatic rings. The Morgan fingerprint density at radius 3 is 2.34 bits per heavy atom. The summed E-state index contributed by atoms with van der Waals surface area (Å²) in [4.78, 5) is 28.7. The molecule has 6 nitrogen and oxygen atoms in total. The molecule has 32 heavy (non-hydrogen) atoms. The molecule has 172 valence electrons. The van der Waals surface area contributed by atoms with Crippen LogP contribution in [0.25, 0.3) is 0 Å². The quantitative estimate of drug-likeness (QED) is 0.605. The first kappa shape index (κ1) is 23.8. The molecular formula is C26H34N2O4. The molecule has 2 aromatic carbocycles. The van der Waals surface area contributed by atoms with Gasteiger partial charge in [0.05, 0.1) is 25.0 Å². The summed E-state index contributed by atoms with van der Waals surface area (Å²) < 4.78 is 5.67. The van der Waals surface area contributed by atoms with E-state index in [-0.39, 0.29) is 18.2 Å². The number of nitrogens with zero attached hydrogens (tertiary/aromatic N) is 2. The molecule has 0 bridgehead atoms. The Bertz CT molecular complexity index is 874. The van der Waals surface area contributed by atoms with Crippen molar-refractivity contribution in [2.45, 2.75) is 51.0 Å². The van der Waals surface area contributed by atoms with Crippen LogP contribution in [-0.4, -0.2) is 54.2 Å². The van der Waals surface area contributed by atoms with Crippen molar-refractivity contribution in [3.8, 4) is 5.75 Å². The monoisotopic (exact) mass is 438 g/mol. The number of carbonyl (C=O) groups excluding carboxylic acids is 2. The average molecular weight is 439 g/mol. The van der Waals surface area contributed by atoms with E-state index in [1.807, 2.05) is 54.6 Å². The number of piperidine rings is 1. The minimum absolute atomic E-state index is 0.0406. The standard InChI is InChI=1S/C26H34N2O4/c1-3-4-18-32-23-12-10-22(11-13-23)27(2)25(30)20-26(31)14-16-28(17-15-26)24(29)19-21-8-6-5-7-9-21/h5-13,31H,3-4,14-20H2,1-2H3. The Balaban J connectivity index is 1.49. The van der Waals surface area contributed by atoms with Gasteiger partial charge in [-0.25, -0.2) is 0 Å². The van der Waals surface area contributed by atoms with Crippen molar-refractivity contribution in [1.82, 2.24) is 4.90 Å². The lowest BCUT2D eigenvalue weighted by molar-refractivity contribution is -0.136. The number of carbonyl (C=O) groups is 2. The Hall–Kier alpha value is -2.86. The number of anilines is 1. The highest BCUT2D eigenvalue weighted by Crippen LogP contribution is 2.28. The van der Waals surface area contributed by atoms with Crippen LogP contribution in [0.5, 0.6) is 5.75 Å². The molecule has 3 rings (SSSR count). The number of benzene rings is 2. The summed E-state index contributed by atoms with van der Waals surface area (Å²) in [7, 11) is 1.72. The van der Waals surface area contributed by atoms with E-state index in [1.165, 1.54) is 0 Å². The van der Waals surface area contributed by atoms with Crippen LogP contribution in [-0.2, 0) is 16.0 Å². The van der Waals surface area contributed by atoms with Gasteiger partial charge in [0.25, 0.3) is 0 Å². The van der Waals surface area contributed by atoms with Crippen LogP contribution in [0, 0.1) is 0 Å². The Morgan fingerprint density at radius 2 is 1.72 bits per heavy atom. The number of unbranched alkanes of at least 4 members (excludes halogenated alkanes) is 1. The summed E-state index contributed by atoms with van der Waals surface area (Å²) in [6, 6.07) is 17.1. The molecule has 0 radical (unpaired) electrons. The van der Waals surface area contributed by atoms with Crippen LogP contribution in [0.1, 0.15) is 44.6 Å². The number of amides is 2. The fourth-order valence-electron chi connectivity index (χ4n) is 3.88. The Kier molecular flexibility index (Phi) is 8.28. The summed E-state index contributed by atoms with van der Waals surface area (Å²) >= 11 is 0. The predicted molar refractivity (Wildman–Crippen MR) is 126 cm³/mol. The third kappa shape index (κ3) is 6.57. The second kappa shape index (κ2) is 11.1. The van der Waals surface area contributed by atoms with Gasteiger partial charge in [0.1, 0.15) is 5.75 Å². The Morgan fingerprint density at radius 1 is 1.06 bits per heavy atom. The first-order valence-electron chi connectivity index (χ1n) is 11.4. The van der Waals surface area contributed by atoms with E-state index in [9.17, 15) is 14.7 Å². The third-order valence-corrected chi connectivity index (χ3v) is 6.09. The van der Waals surface area contributed by atoms with Crippen molar-refractivity contribution in [3.63, 3.8) is 0 Å². The fourth-order valence-corrected chi connectivity index (χ4v) is 3.88. The molecule has 1 aliphatic rings. The van der Waals surface area contributed by atoms with E-state index < -0.39 is 5.60 Å². The van der Waals surface area contributed by atoms with Gasteiger partial charge in [-0.15, -0.1) is 0 Å². The molecule has 1 N–H and O–H groups in total. The maximum absolute atomic E-state index is 12.8. The van der Waals surface area contributed by atoms with Gasteiger partial charge in [0, 0.05) is 25.8 Å². The fraction of sp³-hybridized carbons (Fsp3) is 0.462. The molecule has 2 amide bonds. The highest BCUT2D eigenvalue weighted by molar-refractivity contribution is 5.93. The second-order valence-corrected chi connectivity index (χ2v) is 8.59. The SMILES string of the molecule is CCCCOc1ccc(N(C)C(=O)CC2(O)CCN(C(=O)Cc3ccccc3)CC2)cc1. The first-order valence-corrected chi connectivity index (χ1v) is 11.4. The molecule has 0 saturated carbocycles. The van der Waals surface area contributed by atoms with Gasteiger partial charge in [0.15, 0.2) is 0 Å². The smallest absolute Gasteiger partial charge is 0.229 e. The summed E-state index contributed by atoms with van der Waals surface area (Å²) in [5, 5.41) is 11.0. The minimum Gasteiger partial charge on any atom is -0.494 e. The molecule has 1 saturated heterocycles. The van der Waals surface area contributed by atoms with Gasteiger partial charge >= 0.3 is 0 Å². The summed E-state index contributed by atoms with van der Waals surface area (Å²) in [6.45, 7) is 3.72. The predicted octanol–water partition coefficient (Wildman–Crippen LogP) is 3.81. The lowest BCUT2D eigenvalue weighted by Crippen LogP contribution is -2.49. The maximum Gasteiger partial charge on any atom is 0.229 e. The van der Waals surface area contributed by atoms with Crippen LogP contribution in [0.3, 0.4) is 0 Å². The topological polar surface area (TPSA) is 70.1 Å². The van der Waals surface area contributed by atoms with Gasteiger partial charge in [-0.3, -0.25) is 9.59 Å².